The second-order valence-corrected chi connectivity index (χ2v) is 3.45. The summed E-state index contributed by atoms with van der Waals surface area (Å²) in [5.41, 5.74) is 9.29. The molecule has 0 radical (unpaired) electrons. The van der Waals surface area contributed by atoms with E-state index in [2.05, 4.69) is 15.3 Å². The minimum Gasteiger partial charge on any atom is -0.398 e. The van der Waals surface area contributed by atoms with Gasteiger partial charge >= 0.3 is 0 Å². The fraction of sp³-hybridized carbons (Fsp3) is 0.167. The Balaban J connectivity index is 2.52. The van der Waals surface area contributed by atoms with E-state index in [0.29, 0.717) is 0 Å². The van der Waals surface area contributed by atoms with Crippen LogP contribution in [0.5, 0.6) is 0 Å². The van der Waals surface area contributed by atoms with Crippen LogP contribution in [0, 0.1) is 0 Å². The van der Waals surface area contributed by atoms with Gasteiger partial charge in [-0.05, 0) is 19.2 Å². The maximum Gasteiger partial charge on any atom is 0.0979 e. The van der Waals surface area contributed by atoms with Gasteiger partial charge in [-0.25, -0.2) is 0 Å². The maximum absolute atomic E-state index is 5.93. The molecular weight excluding hydrogens is 200 g/mol. The minimum atomic E-state index is 0.723. The van der Waals surface area contributed by atoms with E-state index in [-0.39, 0.29) is 0 Å². The summed E-state index contributed by atoms with van der Waals surface area (Å²) in [5.74, 6) is 0. The number of hydrogen-bond acceptors (Lipinski definition) is 4. The van der Waals surface area contributed by atoms with Gasteiger partial charge in [0.15, 0.2) is 0 Å². The average Bonchev–Trinajstić information content (AvgIpc) is 2.32. The molecule has 4 heteroatoms. The van der Waals surface area contributed by atoms with Gasteiger partial charge in [0.05, 0.1) is 11.0 Å². The largest absolute Gasteiger partial charge is 0.398 e. The van der Waals surface area contributed by atoms with Crippen LogP contribution in [0.1, 0.15) is 5.56 Å². The number of aromatic nitrogens is 2. The summed E-state index contributed by atoms with van der Waals surface area (Å²) in [5, 5.41) is 3.04. The van der Waals surface area contributed by atoms with E-state index in [1.54, 1.807) is 12.4 Å². The van der Waals surface area contributed by atoms with Crippen LogP contribution in [0.2, 0.25) is 0 Å². The second kappa shape index (κ2) is 4.72. The number of nitrogens with one attached hydrogen (secondary N) is 1. The number of anilines is 1. The molecule has 1 heterocycles. The maximum atomic E-state index is 5.93. The van der Waals surface area contributed by atoms with Crippen LogP contribution >= 0.6 is 0 Å². The van der Waals surface area contributed by atoms with E-state index in [9.17, 15) is 0 Å². The number of rotatable bonds is 3. The van der Waals surface area contributed by atoms with Crippen molar-refractivity contribution in [3.8, 4) is 0 Å². The zero-order valence-electron chi connectivity index (χ0n) is 9.14. The molecule has 0 fully saturated rings. The Bertz CT molecular complexity index is 519. The minimum absolute atomic E-state index is 0.723. The van der Waals surface area contributed by atoms with E-state index in [1.165, 1.54) is 0 Å². The van der Waals surface area contributed by atoms with Crippen LogP contribution in [-0.2, 0) is 0 Å². The molecule has 0 aliphatic rings. The van der Waals surface area contributed by atoms with Gasteiger partial charge in [-0.15, -0.1) is 0 Å². The van der Waals surface area contributed by atoms with Gasteiger partial charge in [0.2, 0.25) is 0 Å². The molecule has 0 aliphatic heterocycles. The van der Waals surface area contributed by atoms with Crippen molar-refractivity contribution in [2.24, 2.45) is 0 Å². The summed E-state index contributed by atoms with van der Waals surface area (Å²) in [6, 6.07) is 3.74. The third kappa shape index (κ3) is 2.01. The third-order valence-corrected chi connectivity index (χ3v) is 2.32. The number of benzene rings is 1. The highest BCUT2D eigenvalue weighted by Crippen LogP contribution is 2.21. The molecule has 0 spiro atoms. The number of likely N-dealkylation sites (N-methyl/N-ethyl adjacent to an activating group) is 1. The molecule has 0 amide bonds. The van der Waals surface area contributed by atoms with Gasteiger partial charge in [-0.1, -0.05) is 12.2 Å². The Hall–Kier alpha value is -1.94. The first-order chi connectivity index (χ1) is 7.83. The number of nitrogens with zero attached hydrogens (tertiary/aromatic N) is 2. The highest BCUT2D eigenvalue weighted by molar-refractivity contribution is 5.89. The summed E-state index contributed by atoms with van der Waals surface area (Å²) in [6.45, 7) is 0.802. The molecule has 16 heavy (non-hydrogen) atoms. The zero-order valence-corrected chi connectivity index (χ0v) is 9.14. The van der Waals surface area contributed by atoms with Crippen LogP contribution in [0.3, 0.4) is 0 Å². The standard InChI is InChI=1S/C12H14N4/c1-14-6-2-3-9-10(13)4-5-11-12(9)16-8-7-15-11/h2-5,7-8,14H,6,13H2,1H3. The Morgan fingerprint density at radius 3 is 2.94 bits per heavy atom. The van der Waals surface area contributed by atoms with Crippen LogP contribution < -0.4 is 11.1 Å². The van der Waals surface area contributed by atoms with Gasteiger partial charge in [0, 0.05) is 30.2 Å². The molecule has 1 aromatic carbocycles. The molecule has 0 unspecified atom stereocenters. The quantitative estimate of drug-likeness (QED) is 0.759. The van der Waals surface area contributed by atoms with E-state index in [0.717, 1.165) is 28.8 Å². The van der Waals surface area contributed by atoms with Crippen molar-refractivity contribution in [3.05, 3.63) is 36.2 Å². The number of nitrogens with two attached hydrogens (primary N) is 1. The predicted molar refractivity (Wildman–Crippen MR) is 66.9 cm³/mol. The van der Waals surface area contributed by atoms with E-state index >= 15 is 0 Å². The number of hydrogen-bond donors (Lipinski definition) is 2. The lowest BCUT2D eigenvalue weighted by Gasteiger charge is -2.04. The molecule has 2 rings (SSSR count). The van der Waals surface area contributed by atoms with E-state index in [1.807, 2.05) is 31.3 Å². The SMILES string of the molecule is CNCC=Cc1c(N)ccc2nccnc12. The highest BCUT2D eigenvalue weighted by atomic mass is 14.8. The van der Waals surface area contributed by atoms with E-state index < -0.39 is 0 Å². The van der Waals surface area contributed by atoms with Crippen molar-refractivity contribution in [2.45, 2.75) is 0 Å². The van der Waals surface area contributed by atoms with Crippen LogP contribution in [0.15, 0.2) is 30.6 Å². The molecule has 0 saturated heterocycles. The number of nitrogen functional groups attached to an aromatic ring is 1. The van der Waals surface area contributed by atoms with Crippen LogP contribution in [0.4, 0.5) is 5.69 Å². The molecule has 0 bridgehead atoms. The molecule has 0 atom stereocenters. The van der Waals surface area contributed by atoms with Crippen molar-refractivity contribution in [1.82, 2.24) is 15.3 Å². The second-order valence-electron chi connectivity index (χ2n) is 3.45. The van der Waals surface area contributed by atoms with Crippen LogP contribution in [0.25, 0.3) is 17.1 Å². The smallest absolute Gasteiger partial charge is 0.0979 e. The molecule has 82 valence electrons. The van der Waals surface area contributed by atoms with Gasteiger partial charge in [-0.2, -0.15) is 0 Å². The van der Waals surface area contributed by atoms with Gasteiger partial charge < -0.3 is 11.1 Å². The average molecular weight is 214 g/mol. The Kier molecular flexibility index (Phi) is 3.12. The van der Waals surface area contributed by atoms with E-state index in [4.69, 9.17) is 5.73 Å². The van der Waals surface area contributed by atoms with Gasteiger partial charge in [-0.3, -0.25) is 9.97 Å². The van der Waals surface area contributed by atoms with Crippen molar-refractivity contribution < 1.29 is 0 Å². The Morgan fingerprint density at radius 1 is 1.31 bits per heavy atom. The molecule has 1 aromatic heterocycles. The fourth-order valence-electron chi connectivity index (χ4n) is 1.54. The number of fused-ring (bicyclic) bond motifs is 1. The topological polar surface area (TPSA) is 63.8 Å². The van der Waals surface area contributed by atoms with Gasteiger partial charge in [0.1, 0.15) is 0 Å². The molecule has 3 N–H and O–H groups in total. The highest BCUT2D eigenvalue weighted by Gasteiger charge is 2.03. The van der Waals surface area contributed by atoms with Crippen LogP contribution in [-0.4, -0.2) is 23.6 Å². The lowest BCUT2D eigenvalue weighted by Crippen LogP contribution is -2.04. The predicted octanol–water partition coefficient (Wildman–Crippen LogP) is 1.44. The summed E-state index contributed by atoms with van der Waals surface area (Å²) < 4.78 is 0. The summed E-state index contributed by atoms with van der Waals surface area (Å²) in [4.78, 5) is 8.55. The van der Waals surface area contributed by atoms with Gasteiger partial charge in [0.25, 0.3) is 0 Å². The molecule has 2 aromatic rings. The first kappa shape index (κ1) is 10.6. The third-order valence-electron chi connectivity index (χ3n) is 2.32. The van der Waals surface area contributed by atoms with Crippen molar-refractivity contribution in [3.63, 3.8) is 0 Å². The normalized spacial score (nSPS) is 11.3. The lowest BCUT2D eigenvalue weighted by molar-refractivity contribution is 0.922. The summed E-state index contributed by atoms with van der Waals surface area (Å²) in [7, 11) is 1.90. The molecule has 4 nitrogen and oxygen atoms in total. The Labute approximate surface area is 94.2 Å². The first-order valence-electron chi connectivity index (χ1n) is 5.13. The Morgan fingerprint density at radius 2 is 2.12 bits per heavy atom. The fourth-order valence-corrected chi connectivity index (χ4v) is 1.54. The van der Waals surface area contributed by atoms with Crippen molar-refractivity contribution >= 4 is 22.8 Å². The molecule has 0 aliphatic carbocycles. The van der Waals surface area contributed by atoms with Crippen molar-refractivity contribution in [2.75, 3.05) is 19.3 Å². The summed E-state index contributed by atoms with van der Waals surface area (Å²) in [6.07, 6.45) is 7.35. The monoisotopic (exact) mass is 214 g/mol. The molecule has 0 saturated carbocycles. The molecular formula is C12H14N4. The first-order valence-corrected chi connectivity index (χ1v) is 5.13. The summed E-state index contributed by atoms with van der Waals surface area (Å²) >= 11 is 0. The van der Waals surface area contributed by atoms with Crippen molar-refractivity contribution in [1.29, 1.82) is 0 Å². The lowest BCUT2D eigenvalue weighted by atomic mass is 10.1. The zero-order chi connectivity index (χ0) is 11.4.